The number of aromatic nitrogens is 2. The van der Waals surface area contributed by atoms with E-state index < -0.39 is 0 Å². The largest absolute Gasteiger partial charge is 0.490 e. The lowest BCUT2D eigenvalue weighted by Gasteiger charge is -2.11. The van der Waals surface area contributed by atoms with E-state index in [-0.39, 0.29) is 6.10 Å². The van der Waals surface area contributed by atoms with Crippen LogP contribution in [-0.4, -0.2) is 16.2 Å². The zero-order valence-electron chi connectivity index (χ0n) is 14.8. The monoisotopic (exact) mass is 345 g/mol. The molecular weight excluding hydrogens is 326 g/mol. The number of nitriles is 1. The molecule has 0 atom stereocenters. The molecule has 1 aliphatic rings. The third kappa shape index (κ3) is 2.95. The molecule has 4 rings (SSSR count). The van der Waals surface area contributed by atoms with Crippen molar-refractivity contribution in [2.45, 2.75) is 39.2 Å². The molecule has 0 fully saturated rings. The normalized spacial score (nSPS) is 12.8. The topological polar surface area (TPSA) is 71.9 Å². The molecule has 1 aromatic heterocycles. The fourth-order valence-electron chi connectivity index (χ4n) is 3.38. The molecule has 0 bridgehead atoms. The number of rotatable bonds is 4. The number of nitrogens with zero attached hydrogens (tertiary/aromatic N) is 3. The minimum Gasteiger partial charge on any atom is -0.490 e. The van der Waals surface area contributed by atoms with Gasteiger partial charge in [0.1, 0.15) is 11.8 Å². The van der Waals surface area contributed by atoms with Gasteiger partial charge in [-0.15, -0.1) is 0 Å². The quantitative estimate of drug-likeness (QED) is 0.693. The van der Waals surface area contributed by atoms with Crippen molar-refractivity contribution in [2.24, 2.45) is 0 Å². The summed E-state index contributed by atoms with van der Waals surface area (Å²) < 4.78 is 11.2. The van der Waals surface area contributed by atoms with Crippen molar-refractivity contribution in [3.05, 3.63) is 53.1 Å². The molecule has 0 saturated carbocycles. The van der Waals surface area contributed by atoms with Crippen LogP contribution in [0, 0.1) is 11.3 Å². The molecule has 5 nitrogen and oxygen atoms in total. The van der Waals surface area contributed by atoms with Crippen molar-refractivity contribution in [1.82, 2.24) is 10.1 Å². The summed E-state index contributed by atoms with van der Waals surface area (Å²) in [7, 11) is 0. The molecule has 0 N–H and O–H groups in total. The molecule has 2 aromatic carbocycles. The number of benzene rings is 2. The summed E-state index contributed by atoms with van der Waals surface area (Å²) in [5.41, 5.74) is 4.97. The van der Waals surface area contributed by atoms with Crippen LogP contribution in [0.15, 0.2) is 40.9 Å². The first kappa shape index (κ1) is 16.3. The molecular formula is C21H19N3O2. The lowest BCUT2D eigenvalue weighted by Crippen LogP contribution is -2.06. The summed E-state index contributed by atoms with van der Waals surface area (Å²) in [6, 6.07) is 13.7. The van der Waals surface area contributed by atoms with E-state index in [0.717, 1.165) is 24.0 Å². The molecule has 0 saturated heterocycles. The molecule has 0 amide bonds. The van der Waals surface area contributed by atoms with Gasteiger partial charge in [0.05, 0.1) is 11.7 Å². The van der Waals surface area contributed by atoms with Crippen molar-refractivity contribution in [1.29, 1.82) is 5.26 Å². The van der Waals surface area contributed by atoms with Gasteiger partial charge in [-0.1, -0.05) is 23.4 Å². The van der Waals surface area contributed by atoms with Gasteiger partial charge in [-0.2, -0.15) is 10.2 Å². The Morgan fingerprint density at radius 1 is 1.19 bits per heavy atom. The third-order valence-corrected chi connectivity index (χ3v) is 4.52. The van der Waals surface area contributed by atoms with E-state index in [4.69, 9.17) is 9.26 Å². The summed E-state index contributed by atoms with van der Waals surface area (Å²) >= 11 is 0. The van der Waals surface area contributed by atoms with Gasteiger partial charge < -0.3 is 9.26 Å². The van der Waals surface area contributed by atoms with Gasteiger partial charge in [-0.05, 0) is 62.4 Å². The molecule has 3 aromatic rings. The molecule has 130 valence electrons. The van der Waals surface area contributed by atoms with Crippen LogP contribution in [0.25, 0.3) is 22.8 Å². The van der Waals surface area contributed by atoms with E-state index in [2.05, 4.69) is 22.3 Å². The highest BCUT2D eigenvalue weighted by Crippen LogP contribution is 2.33. The molecule has 5 heteroatoms. The van der Waals surface area contributed by atoms with Gasteiger partial charge in [-0.3, -0.25) is 0 Å². The van der Waals surface area contributed by atoms with Gasteiger partial charge in [-0.25, -0.2) is 0 Å². The Bertz CT molecular complexity index is 999. The SMILES string of the molecule is CC(C)Oc1cc(-c2nc(-c3cccc4c3CCC4)no2)ccc1C#N. The second kappa shape index (κ2) is 6.64. The number of fused-ring (bicyclic) bond motifs is 1. The summed E-state index contributed by atoms with van der Waals surface area (Å²) in [4.78, 5) is 4.59. The predicted molar refractivity (Wildman–Crippen MR) is 97.7 cm³/mol. The fraction of sp³-hybridized carbons (Fsp3) is 0.286. The molecule has 0 unspecified atom stereocenters. The van der Waals surface area contributed by atoms with Crippen LogP contribution in [0.3, 0.4) is 0 Å². The zero-order valence-corrected chi connectivity index (χ0v) is 14.8. The van der Waals surface area contributed by atoms with Crippen LogP contribution in [0.1, 0.15) is 37.0 Å². The lowest BCUT2D eigenvalue weighted by molar-refractivity contribution is 0.242. The summed E-state index contributed by atoms with van der Waals surface area (Å²) in [5, 5.41) is 13.4. The maximum absolute atomic E-state index is 9.25. The van der Waals surface area contributed by atoms with Crippen LogP contribution < -0.4 is 4.74 Å². The van der Waals surface area contributed by atoms with E-state index in [0.29, 0.717) is 23.0 Å². The molecule has 0 aliphatic heterocycles. The minimum absolute atomic E-state index is 0.0255. The average molecular weight is 345 g/mol. The Hall–Kier alpha value is -3.13. The zero-order chi connectivity index (χ0) is 18.1. The molecule has 0 spiro atoms. The lowest BCUT2D eigenvalue weighted by atomic mass is 10.0. The van der Waals surface area contributed by atoms with Crippen molar-refractivity contribution in [3.63, 3.8) is 0 Å². The first-order valence-electron chi connectivity index (χ1n) is 8.81. The fourth-order valence-corrected chi connectivity index (χ4v) is 3.38. The van der Waals surface area contributed by atoms with Crippen LogP contribution >= 0.6 is 0 Å². The second-order valence-electron chi connectivity index (χ2n) is 6.71. The van der Waals surface area contributed by atoms with Crippen molar-refractivity contribution in [2.75, 3.05) is 0 Å². The van der Waals surface area contributed by atoms with Gasteiger partial charge in [0, 0.05) is 11.1 Å². The first-order chi connectivity index (χ1) is 12.7. The highest BCUT2D eigenvalue weighted by Gasteiger charge is 2.20. The van der Waals surface area contributed by atoms with E-state index in [9.17, 15) is 5.26 Å². The van der Waals surface area contributed by atoms with Crippen LogP contribution in [-0.2, 0) is 12.8 Å². The Kier molecular flexibility index (Phi) is 4.18. The third-order valence-electron chi connectivity index (χ3n) is 4.52. The van der Waals surface area contributed by atoms with Crippen LogP contribution in [0.2, 0.25) is 0 Å². The molecule has 26 heavy (non-hydrogen) atoms. The van der Waals surface area contributed by atoms with E-state index in [1.165, 1.54) is 17.5 Å². The average Bonchev–Trinajstić information content (AvgIpc) is 3.30. The van der Waals surface area contributed by atoms with Crippen molar-refractivity contribution in [3.8, 4) is 34.7 Å². The van der Waals surface area contributed by atoms with Gasteiger partial charge in [0.2, 0.25) is 5.82 Å². The van der Waals surface area contributed by atoms with E-state index in [1.54, 1.807) is 18.2 Å². The Morgan fingerprint density at radius 2 is 2.08 bits per heavy atom. The molecule has 0 radical (unpaired) electrons. The van der Waals surface area contributed by atoms with E-state index in [1.807, 2.05) is 26.0 Å². The number of aryl methyl sites for hydroxylation is 1. The van der Waals surface area contributed by atoms with Crippen LogP contribution in [0.4, 0.5) is 0 Å². The summed E-state index contributed by atoms with van der Waals surface area (Å²) in [6.07, 6.45) is 3.31. The highest BCUT2D eigenvalue weighted by atomic mass is 16.5. The number of hydrogen-bond donors (Lipinski definition) is 0. The van der Waals surface area contributed by atoms with Gasteiger partial charge in [0.25, 0.3) is 5.89 Å². The summed E-state index contributed by atoms with van der Waals surface area (Å²) in [5.74, 6) is 1.56. The number of hydrogen-bond acceptors (Lipinski definition) is 5. The summed E-state index contributed by atoms with van der Waals surface area (Å²) in [6.45, 7) is 3.85. The highest BCUT2D eigenvalue weighted by molar-refractivity contribution is 5.66. The maximum Gasteiger partial charge on any atom is 0.258 e. The Balaban J connectivity index is 1.71. The smallest absolute Gasteiger partial charge is 0.258 e. The van der Waals surface area contributed by atoms with E-state index >= 15 is 0 Å². The van der Waals surface area contributed by atoms with Gasteiger partial charge in [0.15, 0.2) is 0 Å². The standard InChI is InChI=1S/C21H19N3O2/c1-13(2)25-19-11-15(9-10-16(19)12-22)21-23-20(24-26-21)18-8-4-6-14-5-3-7-17(14)18/h4,6,8-11,13H,3,5,7H2,1-2H3. The van der Waals surface area contributed by atoms with Crippen molar-refractivity contribution < 1.29 is 9.26 Å². The van der Waals surface area contributed by atoms with Crippen LogP contribution in [0.5, 0.6) is 5.75 Å². The predicted octanol–water partition coefficient (Wildman–Crippen LogP) is 4.55. The second-order valence-corrected chi connectivity index (χ2v) is 6.71. The maximum atomic E-state index is 9.25. The minimum atomic E-state index is -0.0255. The molecule has 1 heterocycles. The molecule has 1 aliphatic carbocycles. The Morgan fingerprint density at radius 3 is 2.88 bits per heavy atom. The first-order valence-corrected chi connectivity index (χ1v) is 8.81. The Labute approximate surface area is 152 Å². The van der Waals surface area contributed by atoms with Gasteiger partial charge >= 0.3 is 0 Å². The van der Waals surface area contributed by atoms with Crippen molar-refractivity contribution >= 4 is 0 Å². The number of ether oxygens (including phenoxy) is 1.